The van der Waals surface area contributed by atoms with E-state index in [0.29, 0.717) is 6.42 Å². The van der Waals surface area contributed by atoms with Crippen molar-refractivity contribution in [3.8, 4) is 0 Å². The Kier molecular flexibility index (Phi) is 49.9. The SMILES string of the molecule is CC/C=C\C/C=C\C/C=C\C/C=C\C/C=C\C/C=C\C/C=C\C/C=C\CCCCCCCCCCCCCCC(=O)NC(CO)C(O)/C=C/CCCCCCCCCCCCC. The van der Waals surface area contributed by atoms with E-state index in [0.717, 1.165) is 77.0 Å². The van der Waals surface area contributed by atoms with Gasteiger partial charge in [0.05, 0.1) is 18.8 Å². The average molecular weight is 858 g/mol. The van der Waals surface area contributed by atoms with E-state index in [1.165, 1.54) is 135 Å². The molecule has 2 atom stereocenters. The van der Waals surface area contributed by atoms with E-state index in [4.69, 9.17) is 0 Å². The second kappa shape index (κ2) is 52.4. The molecule has 1 amide bonds. The van der Waals surface area contributed by atoms with E-state index in [-0.39, 0.29) is 12.5 Å². The van der Waals surface area contributed by atoms with Gasteiger partial charge in [0.2, 0.25) is 5.91 Å². The summed E-state index contributed by atoms with van der Waals surface area (Å²) in [5, 5.41) is 23.0. The Morgan fingerprint density at radius 2 is 0.710 bits per heavy atom. The minimum Gasteiger partial charge on any atom is -0.394 e. The zero-order chi connectivity index (χ0) is 44.9. The number of carbonyl (C=O) groups is 1. The Morgan fingerprint density at radius 1 is 0.403 bits per heavy atom. The molecule has 0 saturated carbocycles. The molecular weight excluding hydrogens is 759 g/mol. The minimum absolute atomic E-state index is 0.0709. The molecule has 0 bridgehead atoms. The largest absolute Gasteiger partial charge is 0.394 e. The highest BCUT2D eigenvalue weighted by molar-refractivity contribution is 5.76. The average Bonchev–Trinajstić information content (AvgIpc) is 3.28. The second-order valence-electron chi connectivity index (χ2n) is 17.2. The van der Waals surface area contributed by atoms with Gasteiger partial charge < -0.3 is 15.5 Å². The molecule has 0 aromatic carbocycles. The van der Waals surface area contributed by atoms with Crippen LogP contribution in [0.15, 0.2) is 109 Å². The van der Waals surface area contributed by atoms with Crippen molar-refractivity contribution in [2.75, 3.05) is 6.61 Å². The smallest absolute Gasteiger partial charge is 0.220 e. The molecule has 354 valence electrons. The van der Waals surface area contributed by atoms with Gasteiger partial charge in [-0.1, -0.05) is 252 Å². The number of amides is 1. The van der Waals surface area contributed by atoms with Crippen molar-refractivity contribution in [3.05, 3.63) is 109 Å². The highest BCUT2D eigenvalue weighted by Gasteiger charge is 2.18. The summed E-state index contributed by atoms with van der Waals surface area (Å²) in [4.78, 5) is 12.4. The van der Waals surface area contributed by atoms with Gasteiger partial charge in [0, 0.05) is 6.42 Å². The lowest BCUT2D eigenvalue weighted by atomic mass is 10.0. The zero-order valence-electron chi connectivity index (χ0n) is 40.6. The van der Waals surface area contributed by atoms with Crippen molar-refractivity contribution in [1.29, 1.82) is 0 Å². The Bertz CT molecular complexity index is 1200. The van der Waals surface area contributed by atoms with Gasteiger partial charge in [-0.05, 0) is 83.5 Å². The second-order valence-corrected chi connectivity index (χ2v) is 17.2. The summed E-state index contributed by atoms with van der Waals surface area (Å²) < 4.78 is 0. The van der Waals surface area contributed by atoms with Crippen LogP contribution in [0.25, 0.3) is 0 Å². The summed E-state index contributed by atoms with van der Waals surface area (Å²) in [6, 6.07) is -0.628. The quantitative estimate of drug-likeness (QED) is 0.0422. The normalized spacial score (nSPS) is 13.8. The summed E-state index contributed by atoms with van der Waals surface area (Å²) >= 11 is 0. The molecule has 0 aromatic heterocycles. The third-order valence-corrected chi connectivity index (χ3v) is 11.3. The van der Waals surface area contributed by atoms with Crippen LogP contribution in [-0.4, -0.2) is 34.9 Å². The molecule has 0 radical (unpaired) electrons. The van der Waals surface area contributed by atoms with Gasteiger partial charge in [-0.2, -0.15) is 0 Å². The third kappa shape index (κ3) is 48.1. The topological polar surface area (TPSA) is 69.6 Å². The lowest BCUT2D eigenvalue weighted by molar-refractivity contribution is -0.123. The molecule has 0 aliphatic heterocycles. The first-order chi connectivity index (χ1) is 30.7. The van der Waals surface area contributed by atoms with Crippen molar-refractivity contribution in [1.82, 2.24) is 5.32 Å². The maximum Gasteiger partial charge on any atom is 0.220 e. The van der Waals surface area contributed by atoms with E-state index >= 15 is 0 Å². The summed E-state index contributed by atoms with van der Waals surface area (Å²) in [7, 11) is 0. The molecule has 0 saturated heterocycles. The maximum atomic E-state index is 12.4. The van der Waals surface area contributed by atoms with Crippen molar-refractivity contribution in [3.63, 3.8) is 0 Å². The first-order valence-corrected chi connectivity index (χ1v) is 26.1. The molecule has 2 unspecified atom stereocenters. The fraction of sp³-hybridized carbons (Fsp3) is 0.672. The first kappa shape index (κ1) is 59.0. The van der Waals surface area contributed by atoms with Crippen molar-refractivity contribution in [2.24, 2.45) is 0 Å². The molecule has 62 heavy (non-hydrogen) atoms. The van der Waals surface area contributed by atoms with Crippen LogP contribution in [-0.2, 0) is 4.79 Å². The van der Waals surface area contributed by atoms with E-state index < -0.39 is 12.1 Å². The molecule has 0 aliphatic carbocycles. The predicted molar refractivity (Wildman–Crippen MR) is 276 cm³/mol. The van der Waals surface area contributed by atoms with Gasteiger partial charge in [-0.25, -0.2) is 0 Å². The van der Waals surface area contributed by atoms with E-state index in [2.05, 4.69) is 116 Å². The van der Waals surface area contributed by atoms with Gasteiger partial charge in [-0.3, -0.25) is 4.79 Å². The number of hydrogen-bond donors (Lipinski definition) is 3. The standard InChI is InChI=1S/C58H99NO3/c1-3-5-7-9-11-13-15-17-18-19-20-21-22-23-24-25-26-27-28-29-30-31-32-33-34-35-36-37-38-39-40-42-44-46-48-50-52-54-58(62)59-56(55-60)57(61)53-51-49-47-45-43-41-16-14-12-10-8-6-4-2/h5,7,11,13,17-18,20-21,23-24,26-27,29-30,32-33,51,53,56-57,60-61H,3-4,6,8-10,12,14-16,19,22,25,28,31,34-50,52,54-55H2,1-2H3,(H,59,62)/b7-5-,13-11-,18-17-,21-20-,24-23-,27-26-,30-29-,33-32-,53-51+. The van der Waals surface area contributed by atoms with Gasteiger partial charge >= 0.3 is 0 Å². The van der Waals surface area contributed by atoms with Crippen molar-refractivity contribution in [2.45, 2.75) is 244 Å². The van der Waals surface area contributed by atoms with Crippen LogP contribution in [0.5, 0.6) is 0 Å². The van der Waals surface area contributed by atoms with Gasteiger partial charge in [0.1, 0.15) is 0 Å². The van der Waals surface area contributed by atoms with Crippen LogP contribution in [0.3, 0.4) is 0 Å². The van der Waals surface area contributed by atoms with Gasteiger partial charge in [0.15, 0.2) is 0 Å². The van der Waals surface area contributed by atoms with E-state index in [9.17, 15) is 15.0 Å². The monoisotopic (exact) mass is 858 g/mol. The Hall–Kier alpha value is -2.95. The third-order valence-electron chi connectivity index (χ3n) is 11.3. The number of nitrogens with one attached hydrogen (secondary N) is 1. The van der Waals surface area contributed by atoms with Crippen LogP contribution in [0.2, 0.25) is 0 Å². The lowest BCUT2D eigenvalue weighted by Gasteiger charge is -2.20. The van der Waals surface area contributed by atoms with Crippen LogP contribution in [0.4, 0.5) is 0 Å². The number of unbranched alkanes of at least 4 members (excludes halogenated alkanes) is 23. The molecule has 0 heterocycles. The van der Waals surface area contributed by atoms with E-state index in [1.54, 1.807) is 6.08 Å². The van der Waals surface area contributed by atoms with Gasteiger partial charge in [0.25, 0.3) is 0 Å². The number of aliphatic hydroxyl groups is 2. The van der Waals surface area contributed by atoms with Crippen LogP contribution in [0.1, 0.15) is 232 Å². The molecule has 0 rings (SSSR count). The van der Waals surface area contributed by atoms with Crippen LogP contribution in [0, 0.1) is 0 Å². The molecule has 0 fully saturated rings. The first-order valence-electron chi connectivity index (χ1n) is 26.1. The molecule has 0 aliphatic rings. The fourth-order valence-electron chi connectivity index (χ4n) is 7.31. The Morgan fingerprint density at radius 3 is 1.06 bits per heavy atom. The fourth-order valence-corrected chi connectivity index (χ4v) is 7.31. The summed E-state index contributed by atoms with van der Waals surface area (Å²) in [6.07, 6.45) is 79.4. The van der Waals surface area contributed by atoms with Crippen molar-refractivity contribution < 1.29 is 15.0 Å². The highest BCUT2D eigenvalue weighted by atomic mass is 16.3. The highest BCUT2D eigenvalue weighted by Crippen LogP contribution is 2.15. The Labute approximate surface area is 385 Å². The number of aliphatic hydroxyl groups excluding tert-OH is 2. The molecule has 3 N–H and O–H groups in total. The van der Waals surface area contributed by atoms with Crippen LogP contribution < -0.4 is 5.32 Å². The number of allylic oxidation sites excluding steroid dienone is 17. The number of hydrogen-bond acceptors (Lipinski definition) is 3. The number of rotatable bonds is 46. The maximum absolute atomic E-state index is 12.4. The Balaban J connectivity index is 3.57. The molecule has 4 heteroatoms. The van der Waals surface area contributed by atoms with Crippen molar-refractivity contribution >= 4 is 5.91 Å². The molecule has 0 spiro atoms. The molecular formula is C58H99NO3. The molecule has 4 nitrogen and oxygen atoms in total. The van der Waals surface area contributed by atoms with Crippen LogP contribution >= 0.6 is 0 Å². The summed E-state index contributed by atoms with van der Waals surface area (Å²) in [5.74, 6) is -0.0709. The lowest BCUT2D eigenvalue weighted by Crippen LogP contribution is -2.45. The molecule has 0 aromatic rings. The van der Waals surface area contributed by atoms with Gasteiger partial charge in [-0.15, -0.1) is 0 Å². The summed E-state index contributed by atoms with van der Waals surface area (Å²) in [6.45, 7) is 4.18. The minimum atomic E-state index is -0.844. The number of carbonyl (C=O) groups excluding carboxylic acids is 1. The predicted octanol–water partition coefficient (Wildman–Crippen LogP) is 17.1. The van der Waals surface area contributed by atoms with E-state index in [1.807, 2.05) is 6.08 Å². The summed E-state index contributed by atoms with van der Waals surface area (Å²) in [5.41, 5.74) is 0. The zero-order valence-corrected chi connectivity index (χ0v) is 40.6.